The predicted octanol–water partition coefficient (Wildman–Crippen LogP) is 11.7. The number of rotatable bonds is 16. The molecule has 0 heterocycles. The molecule has 260 valence electrons. The topological polar surface area (TPSA) is 36.9 Å². The molecule has 0 unspecified atom stereocenters. The Labute approximate surface area is 295 Å². The van der Waals surface area contributed by atoms with Gasteiger partial charge >= 0.3 is 0 Å². The standard InChI is InChI=1S/C45H56O4/c1-9-29(5)25-46-41-21-35-36-22-42(47-26-30(6)10-2)44(49-28-32(8)12-4)24-40(36)45(39(35)23-43(41)48-27-31(7)11-3)37-19-15-13-17-33(37)34-18-14-16-20-38(34)45/h13-24,29-32H,9-12,25-28H2,1-8H3/t29-,30-,31-,32-/m1/s1. The van der Waals surface area contributed by atoms with Gasteiger partial charge in [-0.3, -0.25) is 0 Å². The third-order valence-electron chi connectivity index (χ3n) is 11.1. The van der Waals surface area contributed by atoms with Gasteiger partial charge in [-0.05, 0) is 92.4 Å². The lowest BCUT2D eigenvalue weighted by atomic mass is 9.70. The normalized spacial score (nSPS) is 15.8. The van der Waals surface area contributed by atoms with Crippen LogP contribution in [-0.4, -0.2) is 26.4 Å². The number of benzene rings is 4. The minimum atomic E-state index is -0.536. The van der Waals surface area contributed by atoms with Crippen molar-refractivity contribution < 1.29 is 18.9 Å². The largest absolute Gasteiger partial charge is 0.489 e. The van der Waals surface area contributed by atoms with Crippen molar-refractivity contribution in [2.24, 2.45) is 23.7 Å². The Morgan fingerprint density at radius 3 is 1.04 bits per heavy atom. The first-order chi connectivity index (χ1) is 23.8. The molecule has 0 radical (unpaired) electrons. The molecule has 4 nitrogen and oxygen atoms in total. The molecule has 0 saturated heterocycles. The van der Waals surface area contributed by atoms with Gasteiger partial charge in [-0.2, -0.15) is 0 Å². The van der Waals surface area contributed by atoms with Gasteiger partial charge in [0, 0.05) is 0 Å². The van der Waals surface area contributed by atoms with E-state index in [9.17, 15) is 0 Å². The summed E-state index contributed by atoms with van der Waals surface area (Å²) in [5.41, 5.74) is 9.37. The van der Waals surface area contributed by atoms with Crippen molar-refractivity contribution in [1.29, 1.82) is 0 Å². The number of fused-ring (bicyclic) bond motifs is 10. The van der Waals surface area contributed by atoms with E-state index < -0.39 is 5.41 Å². The molecule has 2 aliphatic carbocycles. The van der Waals surface area contributed by atoms with Gasteiger partial charge in [0.05, 0.1) is 31.8 Å². The highest BCUT2D eigenvalue weighted by atomic mass is 16.5. The summed E-state index contributed by atoms with van der Waals surface area (Å²) in [5, 5.41) is 0. The van der Waals surface area contributed by atoms with Gasteiger partial charge in [-0.15, -0.1) is 0 Å². The second kappa shape index (κ2) is 14.9. The molecule has 4 atom stereocenters. The van der Waals surface area contributed by atoms with E-state index in [-0.39, 0.29) is 0 Å². The molecule has 4 aromatic carbocycles. The molecule has 0 amide bonds. The molecule has 4 heteroatoms. The van der Waals surface area contributed by atoms with Gasteiger partial charge < -0.3 is 18.9 Å². The molecule has 0 fully saturated rings. The van der Waals surface area contributed by atoms with E-state index >= 15 is 0 Å². The minimum absolute atomic E-state index is 0.435. The highest BCUT2D eigenvalue weighted by Crippen LogP contribution is 2.65. The van der Waals surface area contributed by atoms with Crippen LogP contribution in [0.2, 0.25) is 0 Å². The van der Waals surface area contributed by atoms with Crippen molar-refractivity contribution in [2.75, 3.05) is 26.4 Å². The summed E-state index contributed by atoms with van der Waals surface area (Å²) >= 11 is 0. The zero-order valence-electron chi connectivity index (χ0n) is 31.0. The highest BCUT2D eigenvalue weighted by molar-refractivity contribution is 5.96. The molecular weight excluding hydrogens is 604 g/mol. The lowest BCUT2D eigenvalue weighted by molar-refractivity contribution is 0.217. The van der Waals surface area contributed by atoms with E-state index in [1.165, 1.54) is 44.5 Å². The van der Waals surface area contributed by atoms with Crippen LogP contribution >= 0.6 is 0 Å². The number of hydrogen-bond acceptors (Lipinski definition) is 4. The fraction of sp³-hybridized carbons (Fsp3) is 0.467. The summed E-state index contributed by atoms with van der Waals surface area (Å²) in [5.74, 6) is 5.00. The molecule has 0 bridgehead atoms. The Morgan fingerprint density at radius 1 is 0.408 bits per heavy atom. The van der Waals surface area contributed by atoms with E-state index in [0.717, 1.165) is 48.7 Å². The lowest BCUT2D eigenvalue weighted by Crippen LogP contribution is -2.26. The van der Waals surface area contributed by atoms with Crippen molar-refractivity contribution in [1.82, 2.24) is 0 Å². The van der Waals surface area contributed by atoms with E-state index in [4.69, 9.17) is 18.9 Å². The lowest BCUT2D eigenvalue weighted by Gasteiger charge is -2.31. The molecule has 0 saturated carbocycles. The van der Waals surface area contributed by atoms with E-state index in [0.29, 0.717) is 50.1 Å². The van der Waals surface area contributed by atoms with Crippen LogP contribution < -0.4 is 18.9 Å². The van der Waals surface area contributed by atoms with Crippen LogP contribution in [0.1, 0.15) is 103 Å². The summed E-state index contributed by atoms with van der Waals surface area (Å²) in [7, 11) is 0. The molecule has 0 aliphatic heterocycles. The zero-order chi connectivity index (χ0) is 34.7. The van der Waals surface area contributed by atoms with Crippen molar-refractivity contribution in [3.8, 4) is 45.3 Å². The van der Waals surface area contributed by atoms with Crippen LogP contribution in [0.25, 0.3) is 22.3 Å². The molecule has 0 aromatic heterocycles. The highest BCUT2D eigenvalue weighted by Gasteiger charge is 2.52. The fourth-order valence-electron chi connectivity index (χ4n) is 7.00. The maximum atomic E-state index is 6.69. The third kappa shape index (κ3) is 6.44. The smallest absolute Gasteiger partial charge is 0.161 e. The maximum absolute atomic E-state index is 6.69. The van der Waals surface area contributed by atoms with Gasteiger partial charge in [0.15, 0.2) is 23.0 Å². The van der Waals surface area contributed by atoms with Crippen LogP contribution in [0.15, 0.2) is 72.8 Å². The van der Waals surface area contributed by atoms with Gasteiger partial charge in [0.25, 0.3) is 0 Å². The Kier molecular flexibility index (Phi) is 10.6. The van der Waals surface area contributed by atoms with Gasteiger partial charge in [-0.25, -0.2) is 0 Å². The Hall–Kier alpha value is -3.92. The first-order valence-corrected chi connectivity index (χ1v) is 18.8. The van der Waals surface area contributed by atoms with Gasteiger partial charge in [0.1, 0.15) is 0 Å². The monoisotopic (exact) mass is 660 g/mol. The number of hydrogen-bond donors (Lipinski definition) is 0. The summed E-state index contributed by atoms with van der Waals surface area (Å²) in [6.07, 6.45) is 4.24. The molecule has 1 spiro atoms. The first-order valence-electron chi connectivity index (χ1n) is 18.8. The SMILES string of the molecule is CC[C@@H](C)COc1cc2c(cc1OC[C@H](C)CC)C1(c3ccccc3-c3ccccc31)c1cc(OC[C@H](C)CC)c(OC[C@H](C)CC)cc1-2. The summed E-state index contributed by atoms with van der Waals surface area (Å²) in [6.45, 7) is 20.4. The molecule has 6 rings (SSSR count). The van der Waals surface area contributed by atoms with Crippen LogP contribution in [-0.2, 0) is 5.41 Å². The van der Waals surface area contributed by atoms with Crippen molar-refractivity contribution in [2.45, 2.75) is 86.5 Å². The Morgan fingerprint density at radius 2 is 0.714 bits per heavy atom. The first kappa shape index (κ1) is 34.9. The number of ether oxygens (including phenoxy) is 4. The average Bonchev–Trinajstić information content (AvgIpc) is 3.59. The molecule has 4 aromatic rings. The van der Waals surface area contributed by atoms with Crippen LogP contribution in [0.4, 0.5) is 0 Å². The maximum Gasteiger partial charge on any atom is 0.161 e. The van der Waals surface area contributed by atoms with Crippen LogP contribution in [0, 0.1) is 23.7 Å². The average molecular weight is 661 g/mol. The second-order valence-corrected chi connectivity index (χ2v) is 14.8. The van der Waals surface area contributed by atoms with Crippen molar-refractivity contribution >= 4 is 0 Å². The molecule has 0 N–H and O–H groups in total. The zero-order valence-corrected chi connectivity index (χ0v) is 31.0. The summed E-state index contributed by atoms with van der Waals surface area (Å²) in [4.78, 5) is 0. The van der Waals surface area contributed by atoms with Crippen molar-refractivity contribution in [3.63, 3.8) is 0 Å². The third-order valence-corrected chi connectivity index (χ3v) is 11.1. The van der Waals surface area contributed by atoms with Gasteiger partial charge in [-0.1, -0.05) is 130 Å². The Balaban J connectivity index is 1.63. The van der Waals surface area contributed by atoms with Crippen molar-refractivity contribution in [3.05, 3.63) is 95.1 Å². The quantitative estimate of drug-likeness (QED) is 0.104. The summed E-state index contributed by atoms with van der Waals surface area (Å²) in [6, 6.07) is 26.9. The Bertz CT molecular complexity index is 1630. The van der Waals surface area contributed by atoms with Crippen LogP contribution in [0.5, 0.6) is 23.0 Å². The van der Waals surface area contributed by atoms with E-state index in [2.05, 4.69) is 128 Å². The summed E-state index contributed by atoms with van der Waals surface area (Å²) < 4.78 is 26.6. The molecular formula is C45H56O4. The van der Waals surface area contributed by atoms with E-state index in [1.54, 1.807) is 0 Å². The molecule has 49 heavy (non-hydrogen) atoms. The van der Waals surface area contributed by atoms with Gasteiger partial charge in [0.2, 0.25) is 0 Å². The van der Waals surface area contributed by atoms with Crippen LogP contribution in [0.3, 0.4) is 0 Å². The molecule has 2 aliphatic rings. The fourth-order valence-corrected chi connectivity index (χ4v) is 7.00. The predicted molar refractivity (Wildman–Crippen MR) is 203 cm³/mol. The van der Waals surface area contributed by atoms with E-state index in [1.807, 2.05) is 0 Å². The minimum Gasteiger partial charge on any atom is -0.489 e. The second-order valence-electron chi connectivity index (χ2n) is 14.8.